The summed E-state index contributed by atoms with van der Waals surface area (Å²) in [4.78, 5) is 11.5. The molecule has 1 fully saturated rings. The van der Waals surface area contributed by atoms with Crippen LogP contribution in [-0.4, -0.2) is 22.7 Å². The predicted molar refractivity (Wildman–Crippen MR) is 85.1 cm³/mol. The van der Waals surface area contributed by atoms with Crippen molar-refractivity contribution in [1.29, 1.82) is 0 Å². The molecule has 2 N–H and O–H groups in total. The van der Waals surface area contributed by atoms with Gasteiger partial charge in [-0.15, -0.1) is 12.4 Å². The summed E-state index contributed by atoms with van der Waals surface area (Å²) in [5.41, 5.74) is 0.249. The Labute approximate surface area is 132 Å². The van der Waals surface area contributed by atoms with Gasteiger partial charge in [-0.2, -0.15) is 0 Å². The number of benzene rings is 1. The van der Waals surface area contributed by atoms with E-state index in [0.717, 1.165) is 24.2 Å². The van der Waals surface area contributed by atoms with Crippen molar-refractivity contribution in [2.24, 2.45) is 0 Å². The van der Waals surface area contributed by atoms with Gasteiger partial charge in [-0.25, -0.2) is 0 Å². The quantitative estimate of drug-likeness (QED) is 0.845. The first-order valence-electron chi connectivity index (χ1n) is 7.26. The molecule has 1 aliphatic rings. The van der Waals surface area contributed by atoms with Crippen LogP contribution in [-0.2, 0) is 11.3 Å². The fourth-order valence-corrected chi connectivity index (χ4v) is 2.73. The maximum absolute atomic E-state index is 11.5. The third-order valence-corrected chi connectivity index (χ3v) is 3.82. The number of ether oxygens (including phenoxy) is 1. The topological polar surface area (TPSA) is 58.6 Å². The largest absolute Gasteiger partial charge is 0.491 e. The SMILES string of the molecule is CC(C)Oc1ccccc1CNC1(C(=O)O)CCCC1.Cl. The molecule has 0 unspecified atom stereocenters. The molecular weight excluding hydrogens is 290 g/mol. The van der Waals surface area contributed by atoms with Crippen molar-refractivity contribution in [2.45, 2.75) is 57.7 Å². The minimum absolute atomic E-state index is 0. The number of para-hydroxylation sites is 1. The third-order valence-electron chi connectivity index (χ3n) is 3.82. The smallest absolute Gasteiger partial charge is 0.323 e. The molecule has 1 aliphatic carbocycles. The van der Waals surface area contributed by atoms with Gasteiger partial charge in [0.05, 0.1) is 6.10 Å². The lowest BCUT2D eigenvalue weighted by molar-refractivity contribution is -0.144. The molecule has 0 atom stereocenters. The van der Waals surface area contributed by atoms with Crippen molar-refractivity contribution >= 4 is 18.4 Å². The fourth-order valence-electron chi connectivity index (χ4n) is 2.73. The van der Waals surface area contributed by atoms with Gasteiger partial charge in [-0.05, 0) is 32.8 Å². The van der Waals surface area contributed by atoms with Gasteiger partial charge in [0.1, 0.15) is 11.3 Å². The van der Waals surface area contributed by atoms with E-state index in [4.69, 9.17) is 4.74 Å². The normalized spacial score (nSPS) is 16.5. The second-order valence-corrected chi connectivity index (χ2v) is 5.72. The molecule has 4 nitrogen and oxygen atoms in total. The van der Waals surface area contributed by atoms with Crippen LogP contribution < -0.4 is 10.1 Å². The van der Waals surface area contributed by atoms with E-state index in [0.29, 0.717) is 19.4 Å². The van der Waals surface area contributed by atoms with Crippen LogP contribution in [0.15, 0.2) is 24.3 Å². The highest BCUT2D eigenvalue weighted by molar-refractivity contribution is 5.85. The van der Waals surface area contributed by atoms with E-state index in [-0.39, 0.29) is 18.5 Å². The molecule has 1 saturated carbocycles. The van der Waals surface area contributed by atoms with Crippen LogP contribution >= 0.6 is 12.4 Å². The average molecular weight is 314 g/mol. The Morgan fingerprint density at radius 3 is 2.52 bits per heavy atom. The number of nitrogens with one attached hydrogen (secondary N) is 1. The number of hydrogen-bond acceptors (Lipinski definition) is 3. The molecule has 1 aromatic rings. The number of hydrogen-bond donors (Lipinski definition) is 2. The van der Waals surface area contributed by atoms with E-state index in [9.17, 15) is 9.90 Å². The molecule has 0 bridgehead atoms. The van der Waals surface area contributed by atoms with Crippen LogP contribution in [0.3, 0.4) is 0 Å². The molecule has 0 heterocycles. The van der Waals surface area contributed by atoms with Crippen LogP contribution in [0.25, 0.3) is 0 Å². The maximum atomic E-state index is 11.5. The number of aliphatic carboxylic acids is 1. The maximum Gasteiger partial charge on any atom is 0.323 e. The summed E-state index contributed by atoms with van der Waals surface area (Å²) in [5, 5.41) is 12.7. The lowest BCUT2D eigenvalue weighted by Gasteiger charge is -2.26. The van der Waals surface area contributed by atoms with E-state index in [1.165, 1.54) is 0 Å². The molecule has 1 aromatic carbocycles. The van der Waals surface area contributed by atoms with Gasteiger partial charge in [0.25, 0.3) is 0 Å². The van der Waals surface area contributed by atoms with Crippen molar-refractivity contribution in [1.82, 2.24) is 5.32 Å². The van der Waals surface area contributed by atoms with Gasteiger partial charge in [-0.1, -0.05) is 31.0 Å². The molecule has 0 spiro atoms. The number of halogens is 1. The average Bonchev–Trinajstić information content (AvgIpc) is 2.87. The van der Waals surface area contributed by atoms with Crippen molar-refractivity contribution in [3.8, 4) is 5.75 Å². The third kappa shape index (κ3) is 4.35. The van der Waals surface area contributed by atoms with E-state index in [1.807, 2.05) is 38.1 Å². The Hall–Kier alpha value is -1.26. The van der Waals surface area contributed by atoms with Crippen molar-refractivity contribution in [3.05, 3.63) is 29.8 Å². The van der Waals surface area contributed by atoms with Crippen LogP contribution in [0.4, 0.5) is 0 Å². The van der Waals surface area contributed by atoms with Gasteiger partial charge >= 0.3 is 5.97 Å². The zero-order valence-corrected chi connectivity index (χ0v) is 13.4. The first kappa shape index (κ1) is 17.8. The summed E-state index contributed by atoms with van der Waals surface area (Å²) in [5.74, 6) is 0.0887. The van der Waals surface area contributed by atoms with Crippen molar-refractivity contribution < 1.29 is 14.6 Å². The lowest BCUT2D eigenvalue weighted by atomic mass is 9.97. The lowest BCUT2D eigenvalue weighted by Crippen LogP contribution is -2.49. The van der Waals surface area contributed by atoms with E-state index in [2.05, 4.69) is 5.32 Å². The van der Waals surface area contributed by atoms with Crippen LogP contribution in [0.1, 0.15) is 45.1 Å². The summed E-state index contributed by atoms with van der Waals surface area (Å²) < 4.78 is 5.77. The highest BCUT2D eigenvalue weighted by atomic mass is 35.5. The van der Waals surface area contributed by atoms with Gasteiger partial charge < -0.3 is 9.84 Å². The molecular formula is C16H24ClNO3. The highest BCUT2D eigenvalue weighted by Crippen LogP contribution is 2.31. The standard InChI is InChI=1S/C16H23NO3.ClH/c1-12(2)20-14-8-4-3-7-13(14)11-17-16(15(18)19)9-5-6-10-16;/h3-4,7-8,12,17H,5-6,9-11H2,1-2H3,(H,18,19);1H. The monoisotopic (exact) mass is 313 g/mol. The van der Waals surface area contributed by atoms with Gasteiger partial charge in [0.15, 0.2) is 0 Å². The van der Waals surface area contributed by atoms with Gasteiger partial charge in [-0.3, -0.25) is 10.1 Å². The molecule has 2 rings (SSSR count). The summed E-state index contributed by atoms with van der Waals surface area (Å²) in [7, 11) is 0. The van der Waals surface area contributed by atoms with Gasteiger partial charge in [0, 0.05) is 12.1 Å². The summed E-state index contributed by atoms with van der Waals surface area (Å²) >= 11 is 0. The van der Waals surface area contributed by atoms with Crippen LogP contribution in [0.2, 0.25) is 0 Å². The Balaban J connectivity index is 0.00000220. The van der Waals surface area contributed by atoms with E-state index < -0.39 is 11.5 Å². The molecule has 0 amide bonds. The fraction of sp³-hybridized carbons (Fsp3) is 0.562. The molecule has 118 valence electrons. The Bertz CT molecular complexity index is 470. The molecule has 21 heavy (non-hydrogen) atoms. The zero-order chi connectivity index (χ0) is 14.6. The Morgan fingerprint density at radius 1 is 1.33 bits per heavy atom. The van der Waals surface area contributed by atoms with Crippen LogP contribution in [0.5, 0.6) is 5.75 Å². The highest BCUT2D eigenvalue weighted by Gasteiger charge is 2.40. The minimum Gasteiger partial charge on any atom is -0.491 e. The van der Waals surface area contributed by atoms with Crippen LogP contribution in [0, 0.1) is 0 Å². The minimum atomic E-state index is -0.759. The summed E-state index contributed by atoms with van der Waals surface area (Å²) in [6, 6.07) is 7.80. The molecule has 0 aliphatic heterocycles. The second kappa shape index (κ2) is 7.66. The number of rotatable bonds is 6. The van der Waals surface area contributed by atoms with Gasteiger partial charge in [0.2, 0.25) is 0 Å². The molecule has 5 heteroatoms. The Kier molecular flexibility index (Phi) is 6.49. The van der Waals surface area contributed by atoms with E-state index in [1.54, 1.807) is 0 Å². The van der Waals surface area contributed by atoms with E-state index >= 15 is 0 Å². The first-order valence-corrected chi connectivity index (χ1v) is 7.26. The number of carboxylic acids is 1. The summed E-state index contributed by atoms with van der Waals surface area (Å²) in [6.45, 7) is 4.50. The predicted octanol–water partition coefficient (Wildman–Crippen LogP) is 3.38. The second-order valence-electron chi connectivity index (χ2n) is 5.72. The molecule has 0 aromatic heterocycles. The molecule has 0 radical (unpaired) electrons. The van der Waals surface area contributed by atoms with Crippen molar-refractivity contribution in [2.75, 3.05) is 0 Å². The zero-order valence-electron chi connectivity index (χ0n) is 12.6. The molecule has 0 saturated heterocycles. The first-order chi connectivity index (χ1) is 9.53. The van der Waals surface area contributed by atoms with Crippen molar-refractivity contribution in [3.63, 3.8) is 0 Å². The number of carboxylic acid groups (broad SMARTS) is 1. The number of carbonyl (C=O) groups is 1. The summed E-state index contributed by atoms with van der Waals surface area (Å²) in [6.07, 6.45) is 3.47. The Morgan fingerprint density at radius 2 is 1.95 bits per heavy atom.